The van der Waals surface area contributed by atoms with Gasteiger partial charge in [-0.1, -0.05) is 23.8 Å². The Morgan fingerprint density at radius 1 is 0.871 bits per heavy atom. The minimum absolute atomic E-state index is 0.154. The molecule has 1 amide bonds. The van der Waals surface area contributed by atoms with Crippen molar-refractivity contribution in [3.8, 4) is 0 Å². The van der Waals surface area contributed by atoms with Crippen LogP contribution >= 0.6 is 0 Å². The molecule has 0 aliphatic rings. The number of amides is 1. The summed E-state index contributed by atoms with van der Waals surface area (Å²) in [6, 6.07) is 17.5. The Bertz CT molecular complexity index is 1220. The molecule has 0 aliphatic heterocycles. The molecule has 0 heterocycles. The molecule has 0 saturated carbocycles. The summed E-state index contributed by atoms with van der Waals surface area (Å²) in [5, 5.41) is 2.76. The van der Waals surface area contributed by atoms with Crippen LogP contribution in [0.3, 0.4) is 0 Å². The Labute approximate surface area is 181 Å². The maximum Gasteiger partial charge on any atom is 0.338 e. The van der Waals surface area contributed by atoms with E-state index < -0.39 is 21.9 Å². The van der Waals surface area contributed by atoms with Gasteiger partial charge in [0, 0.05) is 16.9 Å². The molecular formula is C23H22N2O5S. The molecule has 3 rings (SSSR count). The number of rotatable bonds is 6. The number of methoxy groups -OCH3 is 1. The van der Waals surface area contributed by atoms with E-state index in [1.54, 1.807) is 37.3 Å². The largest absolute Gasteiger partial charge is 0.465 e. The Balaban J connectivity index is 1.74. The van der Waals surface area contributed by atoms with Crippen LogP contribution in [0.2, 0.25) is 0 Å². The highest BCUT2D eigenvalue weighted by Crippen LogP contribution is 2.22. The van der Waals surface area contributed by atoms with Gasteiger partial charge in [-0.15, -0.1) is 0 Å². The van der Waals surface area contributed by atoms with E-state index in [1.165, 1.54) is 43.5 Å². The van der Waals surface area contributed by atoms with Crippen molar-refractivity contribution in [3.05, 3.63) is 89.0 Å². The van der Waals surface area contributed by atoms with E-state index in [4.69, 9.17) is 4.74 Å². The summed E-state index contributed by atoms with van der Waals surface area (Å²) in [6.45, 7) is 3.59. The summed E-state index contributed by atoms with van der Waals surface area (Å²) in [5.74, 6) is -0.878. The van der Waals surface area contributed by atoms with E-state index in [1.807, 2.05) is 6.92 Å². The lowest BCUT2D eigenvalue weighted by Crippen LogP contribution is -2.15. The molecule has 0 radical (unpaired) electrons. The molecule has 160 valence electrons. The lowest BCUT2D eigenvalue weighted by molar-refractivity contribution is 0.0599. The second-order valence-corrected chi connectivity index (χ2v) is 8.60. The third kappa shape index (κ3) is 5.10. The molecular weight excluding hydrogens is 416 g/mol. The molecule has 31 heavy (non-hydrogen) atoms. The molecule has 0 unspecified atom stereocenters. The lowest BCUT2D eigenvalue weighted by atomic mass is 10.1. The number of carbonyl (C=O) groups excluding carboxylic acids is 2. The maximum atomic E-state index is 12.6. The van der Waals surface area contributed by atoms with Crippen LogP contribution in [0.15, 0.2) is 71.6 Å². The Kier molecular flexibility index (Phi) is 6.41. The van der Waals surface area contributed by atoms with Gasteiger partial charge in [0.1, 0.15) is 0 Å². The van der Waals surface area contributed by atoms with Crippen molar-refractivity contribution in [1.82, 2.24) is 0 Å². The van der Waals surface area contributed by atoms with Gasteiger partial charge in [0.05, 0.1) is 17.6 Å². The monoisotopic (exact) mass is 438 g/mol. The van der Waals surface area contributed by atoms with Gasteiger partial charge < -0.3 is 10.1 Å². The van der Waals surface area contributed by atoms with Gasteiger partial charge in [-0.3, -0.25) is 9.52 Å². The predicted molar refractivity (Wildman–Crippen MR) is 119 cm³/mol. The van der Waals surface area contributed by atoms with E-state index >= 15 is 0 Å². The number of carbonyl (C=O) groups is 2. The van der Waals surface area contributed by atoms with Crippen LogP contribution in [0.5, 0.6) is 0 Å². The molecule has 0 spiro atoms. The zero-order chi connectivity index (χ0) is 22.6. The van der Waals surface area contributed by atoms with E-state index in [9.17, 15) is 18.0 Å². The zero-order valence-electron chi connectivity index (χ0n) is 17.3. The third-order valence-electron chi connectivity index (χ3n) is 4.72. The molecule has 3 aromatic carbocycles. The first kappa shape index (κ1) is 22.0. The number of anilines is 2. The van der Waals surface area contributed by atoms with E-state index in [-0.39, 0.29) is 4.90 Å². The molecule has 0 saturated heterocycles. The summed E-state index contributed by atoms with van der Waals surface area (Å²) in [6.07, 6.45) is 0. The van der Waals surface area contributed by atoms with Crippen molar-refractivity contribution in [2.45, 2.75) is 18.7 Å². The summed E-state index contributed by atoms with van der Waals surface area (Å²) < 4.78 is 32.2. The summed E-state index contributed by atoms with van der Waals surface area (Å²) in [5.41, 5.74) is 3.06. The number of hydrogen-bond acceptors (Lipinski definition) is 5. The smallest absolute Gasteiger partial charge is 0.338 e. The SMILES string of the molecule is COC(=O)c1cccc(NC(=O)c2ccc(NS(=O)(=O)c3ccc(C)cc3)cc2)c1C. The van der Waals surface area contributed by atoms with Crippen LogP contribution in [0.4, 0.5) is 11.4 Å². The van der Waals surface area contributed by atoms with E-state index in [2.05, 4.69) is 10.0 Å². The van der Waals surface area contributed by atoms with Gasteiger partial charge in [-0.2, -0.15) is 0 Å². The third-order valence-corrected chi connectivity index (χ3v) is 6.12. The van der Waals surface area contributed by atoms with Crippen molar-refractivity contribution in [3.63, 3.8) is 0 Å². The van der Waals surface area contributed by atoms with Crippen LogP contribution in [-0.2, 0) is 14.8 Å². The Hall–Kier alpha value is -3.65. The summed E-state index contributed by atoms with van der Waals surface area (Å²) in [7, 11) is -2.43. The molecule has 7 nitrogen and oxygen atoms in total. The van der Waals surface area contributed by atoms with Gasteiger partial charge in [0.2, 0.25) is 0 Å². The molecule has 0 aliphatic carbocycles. The quantitative estimate of drug-likeness (QED) is 0.563. The van der Waals surface area contributed by atoms with E-state index in [0.717, 1.165) is 5.56 Å². The zero-order valence-corrected chi connectivity index (χ0v) is 18.1. The van der Waals surface area contributed by atoms with E-state index in [0.29, 0.717) is 28.1 Å². The van der Waals surface area contributed by atoms with Crippen LogP contribution in [0.25, 0.3) is 0 Å². The maximum absolute atomic E-state index is 12.6. The summed E-state index contributed by atoms with van der Waals surface area (Å²) >= 11 is 0. The van der Waals surface area contributed by atoms with Crippen molar-refractivity contribution < 1.29 is 22.7 Å². The van der Waals surface area contributed by atoms with Gasteiger partial charge in [0.15, 0.2) is 0 Å². The molecule has 0 bridgehead atoms. The van der Waals surface area contributed by atoms with Crippen LogP contribution < -0.4 is 10.0 Å². The fraction of sp³-hybridized carbons (Fsp3) is 0.130. The number of esters is 1. The second-order valence-electron chi connectivity index (χ2n) is 6.92. The summed E-state index contributed by atoms with van der Waals surface area (Å²) in [4.78, 5) is 24.6. The lowest BCUT2D eigenvalue weighted by Gasteiger charge is -2.12. The average Bonchev–Trinajstić information content (AvgIpc) is 2.75. The van der Waals surface area contributed by atoms with Crippen molar-refractivity contribution in [2.75, 3.05) is 17.1 Å². The topological polar surface area (TPSA) is 102 Å². The average molecular weight is 439 g/mol. The highest BCUT2D eigenvalue weighted by atomic mass is 32.2. The molecule has 2 N–H and O–H groups in total. The van der Waals surface area contributed by atoms with Crippen LogP contribution in [0, 0.1) is 13.8 Å². The van der Waals surface area contributed by atoms with Gasteiger partial charge >= 0.3 is 5.97 Å². The molecule has 0 atom stereocenters. The van der Waals surface area contributed by atoms with Crippen LogP contribution in [0.1, 0.15) is 31.8 Å². The number of benzene rings is 3. The fourth-order valence-electron chi connectivity index (χ4n) is 2.92. The first-order chi connectivity index (χ1) is 14.7. The first-order valence-electron chi connectivity index (χ1n) is 9.40. The molecule has 0 fully saturated rings. The minimum atomic E-state index is -3.73. The predicted octanol–water partition coefficient (Wildman–Crippen LogP) is 4.14. The standard InChI is InChI=1S/C23H22N2O5S/c1-15-7-13-19(14-8-15)31(28,29)25-18-11-9-17(10-12-18)22(26)24-21-6-4-5-20(16(21)2)23(27)30-3/h4-14,25H,1-3H3,(H,24,26). The second kappa shape index (κ2) is 9.01. The number of nitrogens with one attached hydrogen (secondary N) is 2. The van der Waals surface area contributed by atoms with Gasteiger partial charge in [-0.25, -0.2) is 13.2 Å². The number of sulfonamides is 1. The number of aryl methyl sites for hydroxylation is 1. The van der Waals surface area contributed by atoms with Crippen molar-refractivity contribution >= 4 is 33.3 Å². The van der Waals surface area contributed by atoms with Crippen molar-refractivity contribution in [1.29, 1.82) is 0 Å². The van der Waals surface area contributed by atoms with Crippen LogP contribution in [-0.4, -0.2) is 27.4 Å². The van der Waals surface area contributed by atoms with Gasteiger partial charge in [0.25, 0.3) is 15.9 Å². The Morgan fingerprint density at radius 2 is 1.52 bits per heavy atom. The first-order valence-corrected chi connectivity index (χ1v) is 10.9. The van der Waals surface area contributed by atoms with Crippen molar-refractivity contribution in [2.24, 2.45) is 0 Å². The molecule has 8 heteroatoms. The van der Waals surface area contributed by atoms with Gasteiger partial charge in [-0.05, 0) is 67.9 Å². The normalized spacial score (nSPS) is 10.9. The number of ether oxygens (including phenoxy) is 1. The fourth-order valence-corrected chi connectivity index (χ4v) is 3.98. The Morgan fingerprint density at radius 3 is 2.13 bits per heavy atom. The number of hydrogen-bond donors (Lipinski definition) is 2. The molecule has 0 aromatic heterocycles. The minimum Gasteiger partial charge on any atom is -0.465 e. The highest BCUT2D eigenvalue weighted by molar-refractivity contribution is 7.92. The molecule has 3 aromatic rings. The highest BCUT2D eigenvalue weighted by Gasteiger charge is 2.16.